The maximum absolute atomic E-state index is 6.94. The van der Waals surface area contributed by atoms with Gasteiger partial charge in [-0.05, 0) is 105 Å². The van der Waals surface area contributed by atoms with Crippen molar-refractivity contribution in [1.82, 2.24) is 0 Å². The number of hydrogen-bond acceptors (Lipinski definition) is 4. The zero-order valence-corrected chi connectivity index (χ0v) is 37.0. The number of anilines is 6. The molecular weight excluding hydrogens is 817 g/mol. The fraction of sp³-hybridized carbons (Fsp3) is 0.0476. The molecule has 4 heteroatoms. The normalized spacial score (nSPS) is 13.0. The van der Waals surface area contributed by atoms with Gasteiger partial charge < -0.3 is 18.6 Å². The van der Waals surface area contributed by atoms with Crippen molar-refractivity contribution in [1.29, 1.82) is 0 Å². The van der Waals surface area contributed by atoms with Crippen molar-refractivity contribution in [2.24, 2.45) is 0 Å². The van der Waals surface area contributed by atoms with Crippen molar-refractivity contribution in [2.75, 3.05) is 9.80 Å². The summed E-state index contributed by atoms with van der Waals surface area (Å²) in [5.41, 5.74) is 14.6. The molecule has 0 atom stereocenters. The van der Waals surface area contributed by atoms with E-state index in [0.29, 0.717) is 0 Å². The number of benzene rings is 11. The van der Waals surface area contributed by atoms with Crippen molar-refractivity contribution in [3.05, 3.63) is 230 Å². The Hall–Kier alpha value is -8.60. The molecular formula is C63H42N2O2. The molecule has 0 N–H and O–H groups in total. The van der Waals surface area contributed by atoms with E-state index in [9.17, 15) is 0 Å². The van der Waals surface area contributed by atoms with Crippen LogP contribution >= 0.6 is 0 Å². The first-order valence-corrected chi connectivity index (χ1v) is 23.1. The Kier molecular flexibility index (Phi) is 8.00. The standard InChI is InChI=1S/C63H42N2O2/c1-63(2)53-37-43(64(41-21-5-3-6-22-41)59-44-25-11-9-19-39(44)35-51-47-28-15-17-31-56(47)66-61(51)59)33-34-50(53)58-49-30-14-13-27-46(49)55(38-54(58)63)65(42-23-7-4-8-24-42)60-45-26-12-10-20-40(45)36-52-48-29-16-18-32-57(48)67-62(52)60/h3-38H,1-2H3. The fourth-order valence-electron chi connectivity index (χ4n) is 11.3. The number of nitrogens with zero attached hydrogens (tertiary/aromatic N) is 2. The quantitative estimate of drug-likeness (QED) is 0.167. The number of para-hydroxylation sites is 4. The van der Waals surface area contributed by atoms with Crippen molar-refractivity contribution in [3.63, 3.8) is 0 Å². The minimum absolute atomic E-state index is 0.384. The Labute approximate surface area is 387 Å². The van der Waals surface area contributed by atoms with Gasteiger partial charge in [-0.2, -0.15) is 0 Å². The predicted octanol–water partition coefficient (Wildman–Crippen LogP) is 18.2. The fourth-order valence-corrected chi connectivity index (χ4v) is 11.3. The van der Waals surface area contributed by atoms with E-state index in [1.54, 1.807) is 0 Å². The monoisotopic (exact) mass is 858 g/mol. The summed E-state index contributed by atoms with van der Waals surface area (Å²) < 4.78 is 13.8. The minimum atomic E-state index is -0.384. The van der Waals surface area contributed by atoms with E-state index in [1.165, 1.54) is 38.4 Å². The van der Waals surface area contributed by atoms with Crippen LogP contribution < -0.4 is 9.80 Å². The maximum Gasteiger partial charge on any atom is 0.160 e. The topological polar surface area (TPSA) is 32.8 Å². The first-order chi connectivity index (χ1) is 33.0. The van der Waals surface area contributed by atoms with E-state index in [4.69, 9.17) is 8.83 Å². The molecule has 11 aromatic carbocycles. The van der Waals surface area contributed by atoms with Gasteiger partial charge in [0.25, 0.3) is 0 Å². The van der Waals surface area contributed by atoms with Crippen LogP contribution in [0.15, 0.2) is 227 Å². The van der Waals surface area contributed by atoms with Crippen LogP contribution in [0.25, 0.3) is 87.3 Å². The molecule has 0 fully saturated rings. The van der Waals surface area contributed by atoms with Crippen molar-refractivity contribution >= 4 is 110 Å². The van der Waals surface area contributed by atoms with Gasteiger partial charge in [0.1, 0.15) is 11.2 Å². The van der Waals surface area contributed by atoms with Gasteiger partial charge in [-0.3, -0.25) is 0 Å². The smallest absolute Gasteiger partial charge is 0.160 e. The van der Waals surface area contributed by atoms with Crippen LogP contribution in [-0.2, 0) is 5.41 Å². The van der Waals surface area contributed by atoms with Crippen LogP contribution in [0.5, 0.6) is 0 Å². The number of furan rings is 2. The molecule has 67 heavy (non-hydrogen) atoms. The number of rotatable bonds is 6. The molecule has 1 aliphatic rings. The molecule has 0 saturated heterocycles. The van der Waals surface area contributed by atoms with Gasteiger partial charge in [0, 0.05) is 60.2 Å². The lowest BCUT2D eigenvalue weighted by Gasteiger charge is -2.31. The van der Waals surface area contributed by atoms with E-state index in [1.807, 2.05) is 0 Å². The summed E-state index contributed by atoms with van der Waals surface area (Å²) in [4.78, 5) is 4.86. The maximum atomic E-state index is 6.94. The van der Waals surface area contributed by atoms with Gasteiger partial charge in [-0.25, -0.2) is 0 Å². The highest BCUT2D eigenvalue weighted by Gasteiger charge is 2.39. The highest BCUT2D eigenvalue weighted by Crippen LogP contribution is 2.57. The summed E-state index contributed by atoms with van der Waals surface area (Å²) >= 11 is 0. The molecule has 13 aromatic rings. The van der Waals surface area contributed by atoms with Crippen LogP contribution in [0.4, 0.5) is 34.1 Å². The third-order valence-corrected chi connectivity index (χ3v) is 14.3. The third kappa shape index (κ3) is 5.47. The molecule has 0 aliphatic heterocycles. The first-order valence-electron chi connectivity index (χ1n) is 23.1. The predicted molar refractivity (Wildman–Crippen MR) is 280 cm³/mol. The van der Waals surface area contributed by atoms with Gasteiger partial charge >= 0.3 is 0 Å². The second kappa shape index (κ2) is 14.2. The van der Waals surface area contributed by atoms with Crippen molar-refractivity contribution in [2.45, 2.75) is 19.3 Å². The van der Waals surface area contributed by atoms with Crippen LogP contribution in [0, 0.1) is 0 Å². The van der Waals surface area contributed by atoms with Gasteiger partial charge in [-0.1, -0.05) is 166 Å². The lowest BCUT2D eigenvalue weighted by atomic mass is 9.81. The van der Waals surface area contributed by atoms with E-state index < -0.39 is 0 Å². The lowest BCUT2D eigenvalue weighted by Crippen LogP contribution is -2.18. The molecule has 2 aromatic heterocycles. The van der Waals surface area contributed by atoms with Crippen LogP contribution in [0.2, 0.25) is 0 Å². The average Bonchev–Trinajstić information content (AvgIpc) is 4.01. The van der Waals surface area contributed by atoms with E-state index in [2.05, 4.69) is 242 Å². The summed E-state index contributed by atoms with van der Waals surface area (Å²) in [7, 11) is 0. The third-order valence-electron chi connectivity index (χ3n) is 14.3. The van der Waals surface area contributed by atoms with E-state index in [-0.39, 0.29) is 5.41 Å². The zero-order valence-electron chi connectivity index (χ0n) is 37.0. The molecule has 0 radical (unpaired) electrons. The second-order valence-corrected chi connectivity index (χ2v) is 18.4. The summed E-state index contributed by atoms with van der Waals surface area (Å²) in [6, 6.07) is 78.8. The first kappa shape index (κ1) is 37.7. The Morgan fingerprint density at radius 1 is 0.343 bits per heavy atom. The van der Waals surface area contributed by atoms with Crippen molar-refractivity contribution < 1.29 is 8.83 Å². The Bertz CT molecular complexity index is 4140. The summed E-state index contributed by atoms with van der Waals surface area (Å²) in [5, 5.41) is 11.4. The van der Waals surface area contributed by atoms with Gasteiger partial charge in [0.15, 0.2) is 11.2 Å². The Balaban J connectivity index is 1.02. The molecule has 14 rings (SSSR count). The average molecular weight is 859 g/mol. The second-order valence-electron chi connectivity index (χ2n) is 18.4. The molecule has 0 bridgehead atoms. The summed E-state index contributed by atoms with van der Waals surface area (Å²) in [6.07, 6.45) is 0. The van der Waals surface area contributed by atoms with E-state index in [0.717, 1.165) is 94.2 Å². The largest absolute Gasteiger partial charge is 0.454 e. The van der Waals surface area contributed by atoms with Crippen LogP contribution in [0.3, 0.4) is 0 Å². The highest BCUT2D eigenvalue weighted by molar-refractivity contribution is 6.22. The molecule has 316 valence electrons. The molecule has 4 nitrogen and oxygen atoms in total. The Morgan fingerprint density at radius 2 is 0.806 bits per heavy atom. The highest BCUT2D eigenvalue weighted by atomic mass is 16.3. The SMILES string of the molecule is CC1(C)c2cc(N(c3ccccc3)c3c4ccccc4cc4c3oc3ccccc34)ccc2-c2c1cc(N(c1ccccc1)c1c3ccccc3cc3c1oc1ccccc13)c1ccccc21. The molecule has 0 saturated carbocycles. The lowest BCUT2D eigenvalue weighted by molar-refractivity contribution is 0.660. The van der Waals surface area contributed by atoms with Gasteiger partial charge in [-0.15, -0.1) is 0 Å². The molecule has 0 amide bonds. The molecule has 2 heterocycles. The van der Waals surface area contributed by atoms with Crippen LogP contribution in [-0.4, -0.2) is 0 Å². The summed E-state index contributed by atoms with van der Waals surface area (Å²) in [6.45, 7) is 4.79. The van der Waals surface area contributed by atoms with Gasteiger partial charge in [0.2, 0.25) is 0 Å². The zero-order chi connectivity index (χ0) is 44.4. The van der Waals surface area contributed by atoms with Gasteiger partial charge in [0.05, 0.1) is 17.1 Å². The van der Waals surface area contributed by atoms with E-state index >= 15 is 0 Å². The molecule has 0 spiro atoms. The molecule has 1 aliphatic carbocycles. The minimum Gasteiger partial charge on any atom is -0.454 e. The Morgan fingerprint density at radius 3 is 1.39 bits per heavy atom. The molecule has 0 unspecified atom stereocenters. The van der Waals surface area contributed by atoms with Crippen LogP contribution in [0.1, 0.15) is 25.0 Å². The number of hydrogen-bond donors (Lipinski definition) is 0. The van der Waals surface area contributed by atoms with Crippen molar-refractivity contribution in [3.8, 4) is 11.1 Å². The number of fused-ring (bicyclic) bond motifs is 13. The summed E-state index contributed by atoms with van der Waals surface area (Å²) in [5.74, 6) is 0.